The Kier molecular flexibility index (Phi) is 3.59. The fraction of sp³-hybridized carbons (Fsp3) is 0.500. The fourth-order valence-electron chi connectivity index (χ4n) is 1.92. The molecule has 1 aromatic heterocycles. The summed E-state index contributed by atoms with van der Waals surface area (Å²) >= 11 is 3.39. The molecule has 3 nitrogen and oxygen atoms in total. The van der Waals surface area contributed by atoms with Gasteiger partial charge in [-0.3, -0.25) is 4.79 Å². The number of amides is 1. The van der Waals surface area contributed by atoms with E-state index in [0.717, 1.165) is 36.0 Å². The number of pyridine rings is 1. The van der Waals surface area contributed by atoms with Crippen LogP contribution in [0.25, 0.3) is 0 Å². The Labute approximate surface area is 104 Å². The van der Waals surface area contributed by atoms with Crippen LogP contribution in [-0.4, -0.2) is 28.9 Å². The Bertz CT molecular complexity index is 400. The van der Waals surface area contributed by atoms with Gasteiger partial charge in [0.1, 0.15) is 5.69 Å². The van der Waals surface area contributed by atoms with Crippen LogP contribution in [0.15, 0.2) is 16.7 Å². The number of rotatable bonds is 1. The van der Waals surface area contributed by atoms with Crippen LogP contribution in [0.1, 0.15) is 35.3 Å². The molecule has 16 heavy (non-hydrogen) atoms. The predicted molar refractivity (Wildman–Crippen MR) is 66.4 cm³/mol. The van der Waals surface area contributed by atoms with Crippen molar-refractivity contribution in [3.8, 4) is 0 Å². The van der Waals surface area contributed by atoms with Crippen LogP contribution in [0.4, 0.5) is 0 Å². The molecule has 4 heteroatoms. The van der Waals surface area contributed by atoms with Crippen molar-refractivity contribution in [2.45, 2.75) is 26.2 Å². The monoisotopic (exact) mass is 282 g/mol. The van der Waals surface area contributed by atoms with Gasteiger partial charge in [-0.2, -0.15) is 0 Å². The molecule has 0 radical (unpaired) electrons. The van der Waals surface area contributed by atoms with E-state index in [-0.39, 0.29) is 5.91 Å². The number of aromatic nitrogens is 1. The number of aryl methyl sites for hydroxylation is 1. The summed E-state index contributed by atoms with van der Waals surface area (Å²) in [4.78, 5) is 18.2. The first-order chi connectivity index (χ1) is 7.68. The van der Waals surface area contributed by atoms with Crippen molar-refractivity contribution in [1.29, 1.82) is 0 Å². The maximum absolute atomic E-state index is 12.1. The molecule has 2 heterocycles. The molecular weight excluding hydrogens is 268 g/mol. The minimum Gasteiger partial charge on any atom is -0.337 e. The number of carbonyl (C=O) groups is 1. The zero-order valence-electron chi connectivity index (χ0n) is 9.37. The highest BCUT2D eigenvalue weighted by Gasteiger charge is 2.19. The Hall–Kier alpha value is -0.900. The van der Waals surface area contributed by atoms with Crippen LogP contribution < -0.4 is 0 Å². The van der Waals surface area contributed by atoms with E-state index in [1.165, 1.54) is 6.42 Å². The molecule has 1 aliphatic rings. The summed E-state index contributed by atoms with van der Waals surface area (Å²) in [6.07, 6.45) is 5.16. The molecule has 0 N–H and O–H groups in total. The van der Waals surface area contributed by atoms with Gasteiger partial charge < -0.3 is 4.90 Å². The van der Waals surface area contributed by atoms with Gasteiger partial charge in [0, 0.05) is 23.8 Å². The van der Waals surface area contributed by atoms with Crippen molar-refractivity contribution in [3.63, 3.8) is 0 Å². The number of hydrogen-bond donors (Lipinski definition) is 0. The lowest BCUT2D eigenvalue weighted by Crippen LogP contribution is -2.36. The third-order valence-electron chi connectivity index (χ3n) is 2.91. The van der Waals surface area contributed by atoms with E-state index < -0.39 is 0 Å². The average Bonchev–Trinajstić information content (AvgIpc) is 2.33. The molecule has 2 rings (SSSR count). The van der Waals surface area contributed by atoms with Crippen LogP contribution in [0.2, 0.25) is 0 Å². The van der Waals surface area contributed by atoms with E-state index in [2.05, 4.69) is 20.9 Å². The molecule has 1 aliphatic heterocycles. The molecule has 0 atom stereocenters. The normalized spacial score (nSPS) is 16.2. The number of piperidine rings is 1. The van der Waals surface area contributed by atoms with Crippen molar-refractivity contribution in [1.82, 2.24) is 9.88 Å². The van der Waals surface area contributed by atoms with Crippen LogP contribution in [0, 0.1) is 6.92 Å². The van der Waals surface area contributed by atoms with Gasteiger partial charge in [-0.25, -0.2) is 4.98 Å². The molecule has 1 amide bonds. The van der Waals surface area contributed by atoms with E-state index >= 15 is 0 Å². The van der Waals surface area contributed by atoms with E-state index in [4.69, 9.17) is 0 Å². The highest BCUT2D eigenvalue weighted by Crippen LogP contribution is 2.17. The molecular formula is C12H15BrN2O. The smallest absolute Gasteiger partial charge is 0.272 e. The van der Waals surface area contributed by atoms with Crippen molar-refractivity contribution in [2.24, 2.45) is 0 Å². The Balaban J connectivity index is 2.16. The van der Waals surface area contributed by atoms with Gasteiger partial charge in [-0.05, 0) is 53.7 Å². The Morgan fingerprint density at radius 3 is 2.69 bits per heavy atom. The molecule has 0 saturated carbocycles. The molecule has 1 fully saturated rings. The van der Waals surface area contributed by atoms with Gasteiger partial charge >= 0.3 is 0 Å². The summed E-state index contributed by atoms with van der Waals surface area (Å²) in [6.45, 7) is 3.71. The van der Waals surface area contributed by atoms with Crippen molar-refractivity contribution >= 4 is 21.8 Å². The molecule has 0 aliphatic carbocycles. The first-order valence-corrected chi connectivity index (χ1v) is 6.39. The van der Waals surface area contributed by atoms with E-state index in [9.17, 15) is 4.79 Å². The minimum atomic E-state index is 0.0651. The number of halogens is 1. The van der Waals surface area contributed by atoms with Crippen molar-refractivity contribution in [3.05, 3.63) is 28.0 Å². The minimum absolute atomic E-state index is 0.0651. The van der Waals surface area contributed by atoms with Crippen molar-refractivity contribution in [2.75, 3.05) is 13.1 Å². The summed E-state index contributed by atoms with van der Waals surface area (Å²) in [6, 6.07) is 1.85. The molecule has 0 unspecified atom stereocenters. The van der Waals surface area contributed by atoms with Gasteiger partial charge in [0.05, 0.1) is 0 Å². The third-order valence-corrected chi connectivity index (χ3v) is 3.74. The molecule has 86 valence electrons. The maximum Gasteiger partial charge on any atom is 0.272 e. The van der Waals surface area contributed by atoms with E-state index in [1.807, 2.05) is 17.9 Å². The first kappa shape index (κ1) is 11.6. The summed E-state index contributed by atoms with van der Waals surface area (Å²) in [5, 5.41) is 0. The zero-order valence-corrected chi connectivity index (χ0v) is 11.0. The largest absolute Gasteiger partial charge is 0.337 e. The maximum atomic E-state index is 12.1. The summed E-state index contributed by atoms with van der Waals surface area (Å²) in [5.41, 5.74) is 1.61. The number of nitrogens with zero attached hydrogens (tertiary/aromatic N) is 2. The average molecular weight is 283 g/mol. The Morgan fingerprint density at radius 2 is 2.06 bits per heavy atom. The van der Waals surface area contributed by atoms with Crippen LogP contribution >= 0.6 is 15.9 Å². The standard InChI is InChI=1S/C12H15BrN2O/c1-9-7-11(14-8-10(9)13)12(16)15-5-3-2-4-6-15/h7-8H,2-6H2,1H3. The lowest BCUT2D eigenvalue weighted by molar-refractivity contribution is 0.0718. The fourth-order valence-corrected chi connectivity index (χ4v) is 2.13. The van der Waals surface area contributed by atoms with Gasteiger partial charge in [0.2, 0.25) is 0 Å². The second-order valence-corrected chi connectivity index (χ2v) is 5.03. The highest BCUT2D eigenvalue weighted by molar-refractivity contribution is 9.10. The highest BCUT2D eigenvalue weighted by atomic mass is 79.9. The summed E-state index contributed by atoms with van der Waals surface area (Å²) < 4.78 is 0.947. The zero-order chi connectivity index (χ0) is 11.5. The molecule has 0 bridgehead atoms. The molecule has 1 saturated heterocycles. The van der Waals surface area contributed by atoms with Crippen LogP contribution in [0.3, 0.4) is 0 Å². The van der Waals surface area contributed by atoms with E-state index in [1.54, 1.807) is 6.20 Å². The third kappa shape index (κ3) is 2.43. The second kappa shape index (κ2) is 4.95. The number of likely N-dealkylation sites (tertiary alicyclic amines) is 1. The molecule has 0 spiro atoms. The van der Waals surface area contributed by atoms with Gasteiger partial charge in [0.25, 0.3) is 5.91 Å². The summed E-state index contributed by atoms with van der Waals surface area (Å²) in [7, 11) is 0. The number of hydrogen-bond acceptors (Lipinski definition) is 2. The SMILES string of the molecule is Cc1cc(C(=O)N2CCCCC2)ncc1Br. The lowest BCUT2D eigenvalue weighted by Gasteiger charge is -2.26. The van der Waals surface area contributed by atoms with Gasteiger partial charge in [-0.15, -0.1) is 0 Å². The molecule has 0 aromatic carbocycles. The van der Waals surface area contributed by atoms with Crippen molar-refractivity contribution < 1.29 is 4.79 Å². The molecule has 1 aromatic rings. The summed E-state index contributed by atoms with van der Waals surface area (Å²) in [5.74, 6) is 0.0651. The second-order valence-electron chi connectivity index (χ2n) is 4.17. The van der Waals surface area contributed by atoms with Gasteiger partial charge in [-0.1, -0.05) is 0 Å². The number of carbonyl (C=O) groups excluding carboxylic acids is 1. The quantitative estimate of drug-likeness (QED) is 0.794. The van der Waals surface area contributed by atoms with E-state index in [0.29, 0.717) is 5.69 Å². The predicted octanol–water partition coefficient (Wildman–Crippen LogP) is 2.78. The van der Waals surface area contributed by atoms with Crippen LogP contribution in [-0.2, 0) is 0 Å². The first-order valence-electron chi connectivity index (χ1n) is 5.60. The topological polar surface area (TPSA) is 33.2 Å². The van der Waals surface area contributed by atoms with Gasteiger partial charge in [0.15, 0.2) is 0 Å². The lowest BCUT2D eigenvalue weighted by atomic mass is 10.1. The Morgan fingerprint density at radius 1 is 1.38 bits per heavy atom. The van der Waals surface area contributed by atoms with Crippen LogP contribution in [0.5, 0.6) is 0 Å².